The summed E-state index contributed by atoms with van der Waals surface area (Å²) in [4.78, 5) is 22.0. The number of benzene rings is 1. The lowest BCUT2D eigenvalue weighted by Crippen LogP contribution is -2.36. The summed E-state index contributed by atoms with van der Waals surface area (Å²) in [6.45, 7) is 3.31. The molecule has 1 aliphatic rings. The summed E-state index contributed by atoms with van der Waals surface area (Å²) in [6.07, 6.45) is 1.41. The number of carbonyl (C=O) groups is 1. The first-order valence-electron chi connectivity index (χ1n) is 7.72. The standard InChI is InChI=1S/C16H20N6O2/c1-18-15-13(14(17)23)10-19-16(21-15)20-11-2-4-12(5-3-11)22-6-8-24-9-7-22/h2-5,10H,6-9H2,1H3,(H2,17,23)(H2,18,19,20,21). The van der Waals surface area contributed by atoms with Crippen molar-refractivity contribution < 1.29 is 9.53 Å². The van der Waals surface area contributed by atoms with Gasteiger partial charge in [-0.25, -0.2) is 4.98 Å². The van der Waals surface area contributed by atoms with Crippen molar-refractivity contribution in [3.8, 4) is 0 Å². The van der Waals surface area contributed by atoms with Crippen LogP contribution in [0.2, 0.25) is 0 Å². The number of hydrogen-bond donors (Lipinski definition) is 3. The first kappa shape index (κ1) is 16.0. The van der Waals surface area contributed by atoms with E-state index in [1.165, 1.54) is 6.20 Å². The van der Waals surface area contributed by atoms with E-state index in [1.807, 2.05) is 24.3 Å². The normalized spacial score (nSPS) is 14.3. The van der Waals surface area contributed by atoms with Gasteiger partial charge in [-0.05, 0) is 24.3 Å². The summed E-state index contributed by atoms with van der Waals surface area (Å²) in [5.41, 5.74) is 7.56. The van der Waals surface area contributed by atoms with E-state index in [4.69, 9.17) is 10.5 Å². The van der Waals surface area contributed by atoms with Gasteiger partial charge in [-0.2, -0.15) is 4.98 Å². The van der Waals surface area contributed by atoms with Crippen LogP contribution in [0.4, 0.5) is 23.1 Å². The first-order valence-corrected chi connectivity index (χ1v) is 7.72. The van der Waals surface area contributed by atoms with Gasteiger partial charge in [-0.15, -0.1) is 0 Å². The van der Waals surface area contributed by atoms with Crippen molar-refractivity contribution in [3.05, 3.63) is 36.0 Å². The summed E-state index contributed by atoms with van der Waals surface area (Å²) in [5.74, 6) is 0.217. The summed E-state index contributed by atoms with van der Waals surface area (Å²) in [5, 5.41) is 5.96. The Balaban J connectivity index is 1.72. The molecule has 0 unspecified atom stereocenters. The van der Waals surface area contributed by atoms with Crippen molar-refractivity contribution in [3.63, 3.8) is 0 Å². The minimum Gasteiger partial charge on any atom is -0.378 e. The number of primary amides is 1. The van der Waals surface area contributed by atoms with E-state index < -0.39 is 5.91 Å². The average Bonchev–Trinajstić information content (AvgIpc) is 2.63. The van der Waals surface area contributed by atoms with Crippen LogP contribution in [-0.4, -0.2) is 49.2 Å². The van der Waals surface area contributed by atoms with Crippen LogP contribution in [0.15, 0.2) is 30.5 Å². The molecule has 8 heteroatoms. The highest BCUT2D eigenvalue weighted by Crippen LogP contribution is 2.21. The van der Waals surface area contributed by atoms with Crippen molar-refractivity contribution >= 4 is 29.0 Å². The molecule has 1 aromatic heterocycles. The molecule has 1 aliphatic heterocycles. The molecule has 0 spiro atoms. The molecule has 2 aromatic rings. The Hall–Kier alpha value is -2.87. The molecule has 1 amide bonds. The van der Waals surface area contributed by atoms with Crippen LogP contribution >= 0.6 is 0 Å². The van der Waals surface area contributed by atoms with Crippen LogP contribution in [0.5, 0.6) is 0 Å². The highest BCUT2D eigenvalue weighted by molar-refractivity contribution is 5.97. The molecule has 0 atom stereocenters. The highest BCUT2D eigenvalue weighted by Gasteiger charge is 2.12. The van der Waals surface area contributed by atoms with Gasteiger partial charge >= 0.3 is 0 Å². The number of ether oxygens (including phenoxy) is 1. The molecule has 8 nitrogen and oxygen atoms in total. The number of nitrogens with two attached hydrogens (primary N) is 1. The third kappa shape index (κ3) is 3.54. The van der Waals surface area contributed by atoms with E-state index in [9.17, 15) is 4.79 Å². The number of morpholine rings is 1. The molecule has 24 heavy (non-hydrogen) atoms. The van der Waals surface area contributed by atoms with E-state index in [2.05, 4.69) is 25.5 Å². The van der Waals surface area contributed by atoms with Crippen molar-refractivity contribution in [1.82, 2.24) is 9.97 Å². The number of nitrogens with one attached hydrogen (secondary N) is 2. The van der Waals surface area contributed by atoms with Gasteiger partial charge in [0.1, 0.15) is 5.82 Å². The number of carbonyl (C=O) groups excluding carboxylic acids is 1. The Morgan fingerprint density at radius 1 is 1.25 bits per heavy atom. The van der Waals surface area contributed by atoms with Crippen LogP contribution in [0.3, 0.4) is 0 Å². The van der Waals surface area contributed by atoms with E-state index >= 15 is 0 Å². The maximum Gasteiger partial charge on any atom is 0.254 e. The van der Waals surface area contributed by atoms with Gasteiger partial charge in [-0.3, -0.25) is 4.79 Å². The topological polar surface area (TPSA) is 105 Å². The van der Waals surface area contributed by atoms with Crippen molar-refractivity contribution in [2.45, 2.75) is 0 Å². The largest absolute Gasteiger partial charge is 0.378 e. The van der Waals surface area contributed by atoms with Crippen LogP contribution < -0.4 is 21.3 Å². The number of nitrogens with zero attached hydrogens (tertiary/aromatic N) is 3. The van der Waals surface area contributed by atoms with Gasteiger partial charge in [0.15, 0.2) is 0 Å². The lowest BCUT2D eigenvalue weighted by molar-refractivity contribution is 0.100. The Labute approximate surface area is 140 Å². The zero-order valence-electron chi connectivity index (χ0n) is 13.5. The molecule has 4 N–H and O–H groups in total. The number of amides is 1. The molecule has 1 saturated heterocycles. The second-order valence-electron chi connectivity index (χ2n) is 5.34. The van der Waals surface area contributed by atoms with E-state index in [0.717, 1.165) is 37.7 Å². The van der Waals surface area contributed by atoms with E-state index in [-0.39, 0.29) is 5.56 Å². The molecular formula is C16H20N6O2. The van der Waals surface area contributed by atoms with Crippen LogP contribution in [0.25, 0.3) is 0 Å². The quantitative estimate of drug-likeness (QED) is 0.757. The third-order valence-electron chi connectivity index (χ3n) is 3.79. The number of aromatic nitrogens is 2. The van der Waals surface area contributed by atoms with Crippen LogP contribution in [0.1, 0.15) is 10.4 Å². The maximum atomic E-state index is 11.3. The fourth-order valence-corrected chi connectivity index (χ4v) is 2.52. The smallest absolute Gasteiger partial charge is 0.254 e. The van der Waals surface area contributed by atoms with Gasteiger partial charge in [-0.1, -0.05) is 0 Å². The van der Waals surface area contributed by atoms with Gasteiger partial charge in [0.25, 0.3) is 5.91 Å². The first-order chi connectivity index (χ1) is 11.7. The Morgan fingerprint density at radius 2 is 1.96 bits per heavy atom. The zero-order chi connectivity index (χ0) is 16.9. The average molecular weight is 328 g/mol. The molecule has 0 radical (unpaired) electrons. The summed E-state index contributed by atoms with van der Waals surface area (Å²) >= 11 is 0. The predicted octanol–water partition coefficient (Wildman–Crippen LogP) is 1.20. The van der Waals surface area contributed by atoms with Gasteiger partial charge in [0.2, 0.25) is 5.95 Å². The van der Waals surface area contributed by atoms with Crippen molar-refractivity contribution in [2.24, 2.45) is 5.73 Å². The number of rotatable bonds is 5. The van der Waals surface area contributed by atoms with Gasteiger partial charge in [0, 0.05) is 37.7 Å². The van der Waals surface area contributed by atoms with Gasteiger partial charge < -0.3 is 26.0 Å². The Morgan fingerprint density at radius 3 is 2.58 bits per heavy atom. The molecule has 3 rings (SSSR count). The maximum absolute atomic E-state index is 11.3. The van der Waals surface area contributed by atoms with Crippen LogP contribution in [-0.2, 0) is 4.74 Å². The van der Waals surface area contributed by atoms with Crippen molar-refractivity contribution in [2.75, 3.05) is 48.9 Å². The number of hydrogen-bond acceptors (Lipinski definition) is 7. The van der Waals surface area contributed by atoms with Crippen molar-refractivity contribution in [1.29, 1.82) is 0 Å². The third-order valence-corrected chi connectivity index (χ3v) is 3.79. The molecule has 1 aromatic carbocycles. The summed E-state index contributed by atoms with van der Waals surface area (Å²) in [6, 6.07) is 8.03. The fourth-order valence-electron chi connectivity index (χ4n) is 2.52. The molecule has 0 bridgehead atoms. The molecule has 0 aliphatic carbocycles. The summed E-state index contributed by atoms with van der Waals surface area (Å²) in [7, 11) is 1.68. The minimum absolute atomic E-state index is 0.255. The fraction of sp³-hybridized carbons (Fsp3) is 0.312. The minimum atomic E-state index is -0.569. The van der Waals surface area contributed by atoms with Crippen LogP contribution in [0, 0.1) is 0 Å². The monoisotopic (exact) mass is 328 g/mol. The predicted molar refractivity (Wildman–Crippen MR) is 92.9 cm³/mol. The SMILES string of the molecule is CNc1nc(Nc2ccc(N3CCOCC3)cc2)ncc1C(N)=O. The molecule has 2 heterocycles. The lowest BCUT2D eigenvalue weighted by atomic mass is 10.2. The summed E-state index contributed by atoms with van der Waals surface area (Å²) < 4.78 is 5.36. The Bertz CT molecular complexity index is 713. The molecule has 1 fully saturated rings. The lowest BCUT2D eigenvalue weighted by Gasteiger charge is -2.28. The Kier molecular flexibility index (Phi) is 4.76. The highest BCUT2D eigenvalue weighted by atomic mass is 16.5. The second kappa shape index (κ2) is 7.14. The number of anilines is 4. The molecule has 126 valence electrons. The van der Waals surface area contributed by atoms with E-state index in [0.29, 0.717) is 11.8 Å². The molecular weight excluding hydrogens is 308 g/mol. The second-order valence-corrected chi connectivity index (χ2v) is 5.34. The van der Waals surface area contributed by atoms with Gasteiger partial charge in [0.05, 0.1) is 18.8 Å². The molecule has 0 saturated carbocycles. The zero-order valence-corrected chi connectivity index (χ0v) is 13.5. The van der Waals surface area contributed by atoms with E-state index in [1.54, 1.807) is 7.05 Å².